The molecule has 1 aliphatic rings. The van der Waals surface area contributed by atoms with E-state index in [0.717, 1.165) is 37.5 Å². The highest BCUT2D eigenvalue weighted by atomic mass is 35.5. The van der Waals surface area contributed by atoms with Crippen molar-refractivity contribution in [3.05, 3.63) is 60.2 Å². The molecule has 1 saturated heterocycles. The molecule has 0 spiro atoms. The van der Waals surface area contributed by atoms with Crippen LogP contribution in [0.15, 0.2) is 49.6 Å². The van der Waals surface area contributed by atoms with E-state index >= 15 is 0 Å². The van der Waals surface area contributed by atoms with Gasteiger partial charge in [0.1, 0.15) is 6.54 Å². The minimum Gasteiger partial charge on any atom is -0.335 e. The molecule has 4 heteroatoms. The first kappa shape index (κ1) is 17.8. The number of rotatable bonds is 7. The topological polar surface area (TPSA) is 24.8 Å². The van der Waals surface area contributed by atoms with Crippen molar-refractivity contribution in [3.8, 4) is 0 Å². The lowest BCUT2D eigenvalue weighted by atomic mass is 9.95. The summed E-state index contributed by atoms with van der Waals surface area (Å²) in [6, 6.07) is 8.04. The van der Waals surface area contributed by atoms with Crippen LogP contribution < -0.4 is 4.90 Å². The maximum Gasteiger partial charge on any atom is 0.226 e. The van der Waals surface area contributed by atoms with E-state index < -0.39 is 0 Å². The standard InChI is InChI=1S/C19H25ClN2O/c1-3-10-22(11-4-2)19(23)17-8-12-21(13-9-17)15-16-6-5-7-18(20)14-16/h3-7,14,17H,1-2,8-13,15H2/p+1. The molecular formula is C19H26ClN2O+. The van der Waals surface area contributed by atoms with E-state index in [0.29, 0.717) is 13.1 Å². The molecule has 2 rings (SSSR count). The Labute approximate surface area is 144 Å². The summed E-state index contributed by atoms with van der Waals surface area (Å²) < 4.78 is 0. The number of quaternary nitrogens is 1. The van der Waals surface area contributed by atoms with Gasteiger partial charge < -0.3 is 9.80 Å². The Morgan fingerprint density at radius 2 is 1.91 bits per heavy atom. The summed E-state index contributed by atoms with van der Waals surface area (Å²) in [6.45, 7) is 11.7. The lowest BCUT2D eigenvalue weighted by Crippen LogP contribution is -3.11. The smallest absolute Gasteiger partial charge is 0.226 e. The lowest BCUT2D eigenvalue weighted by molar-refractivity contribution is -0.919. The number of halogens is 1. The van der Waals surface area contributed by atoms with Crippen molar-refractivity contribution in [3.63, 3.8) is 0 Å². The molecule has 0 aliphatic carbocycles. The molecule has 0 aromatic heterocycles. The van der Waals surface area contributed by atoms with Gasteiger partial charge >= 0.3 is 0 Å². The molecule has 1 heterocycles. The number of carbonyl (C=O) groups is 1. The van der Waals surface area contributed by atoms with Crippen LogP contribution in [0.3, 0.4) is 0 Å². The zero-order valence-corrected chi connectivity index (χ0v) is 14.4. The van der Waals surface area contributed by atoms with Crippen LogP contribution in [0.2, 0.25) is 5.02 Å². The Kier molecular flexibility index (Phi) is 6.87. The highest BCUT2D eigenvalue weighted by Crippen LogP contribution is 2.15. The molecular weight excluding hydrogens is 308 g/mol. The third kappa shape index (κ3) is 5.22. The maximum atomic E-state index is 12.6. The second kappa shape index (κ2) is 8.90. The first-order chi connectivity index (χ1) is 11.1. The number of carbonyl (C=O) groups excluding carboxylic acids is 1. The van der Waals surface area contributed by atoms with Gasteiger partial charge in [-0.15, -0.1) is 13.2 Å². The quantitative estimate of drug-likeness (QED) is 0.761. The van der Waals surface area contributed by atoms with Crippen LogP contribution in [0, 0.1) is 5.92 Å². The first-order valence-corrected chi connectivity index (χ1v) is 8.60. The summed E-state index contributed by atoms with van der Waals surface area (Å²) >= 11 is 6.05. The molecule has 124 valence electrons. The van der Waals surface area contributed by atoms with Gasteiger partial charge in [-0.1, -0.05) is 35.9 Å². The summed E-state index contributed by atoms with van der Waals surface area (Å²) in [5.41, 5.74) is 1.26. The van der Waals surface area contributed by atoms with Gasteiger partial charge in [-0.25, -0.2) is 0 Å². The summed E-state index contributed by atoms with van der Waals surface area (Å²) in [5, 5.41) is 0.788. The molecule has 0 saturated carbocycles. The van der Waals surface area contributed by atoms with Crippen molar-refractivity contribution in [2.45, 2.75) is 19.4 Å². The molecule has 0 atom stereocenters. The molecule has 1 aromatic carbocycles. The molecule has 1 aliphatic heterocycles. The van der Waals surface area contributed by atoms with Gasteiger partial charge in [0, 0.05) is 42.4 Å². The molecule has 0 unspecified atom stereocenters. The SMILES string of the molecule is C=CCN(CC=C)C(=O)C1CC[NH+](Cc2cccc(Cl)c2)CC1. The maximum absolute atomic E-state index is 12.6. The number of amides is 1. The molecule has 3 nitrogen and oxygen atoms in total. The normalized spacial score (nSPS) is 20.7. The van der Waals surface area contributed by atoms with E-state index in [4.69, 9.17) is 11.6 Å². The number of nitrogens with one attached hydrogen (secondary N) is 1. The third-order valence-electron chi connectivity index (χ3n) is 4.40. The second-order valence-corrected chi connectivity index (χ2v) is 6.59. The summed E-state index contributed by atoms with van der Waals surface area (Å²) in [7, 11) is 0. The Morgan fingerprint density at radius 1 is 1.26 bits per heavy atom. The monoisotopic (exact) mass is 333 g/mol. The van der Waals surface area contributed by atoms with Gasteiger partial charge in [0.15, 0.2) is 0 Å². The van der Waals surface area contributed by atoms with Crippen LogP contribution in [-0.2, 0) is 11.3 Å². The van der Waals surface area contributed by atoms with E-state index in [-0.39, 0.29) is 11.8 Å². The number of hydrogen-bond acceptors (Lipinski definition) is 1. The molecule has 1 amide bonds. The van der Waals surface area contributed by atoms with Crippen LogP contribution in [0.25, 0.3) is 0 Å². The number of piperidine rings is 1. The first-order valence-electron chi connectivity index (χ1n) is 8.22. The molecule has 0 bridgehead atoms. The van der Waals surface area contributed by atoms with Crippen LogP contribution in [-0.4, -0.2) is 37.0 Å². The summed E-state index contributed by atoms with van der Waals surface area (Å²) in [4.78, 5) is 16.0. The van der Waals surface area contributed by atoms with Crippen molar-refractivity contribution in [2.75, 3.05) is 26.2 Å². The van der Waals surface area contributed by atoms with Crippen molar-refractivity contribution in [2.24, 2.45) is 5.92 Å². The zero-order chi connectivity index (χ0) is 16.7. The van der Waals surface area contributed by atoms with Crippen molar-refractivity contribution >= 4 is 17.5 Å². The average molecular weight is 334 g/mol. The van der Waals surface area contributed by atoms with Crippen molar-refractivity contribution < 1.29 is 9.69 Å². The van der Waals surface area contributed by atoms with Gasteiger partial charge in [-0.05, 0) is 12.1 Å². The zero-order valence-electron chi connectivity index (χ0n) is 13.6. The largest absolute Gasteiger partial charge is 0.335 e. The van der Waals surface area contributed by atoms with Gasteiger partial charge in [-0.3, -0.25) is 4.79 Å². The van der Waals surface area contributed by atoms with Gasteiger partial charge in [0.05, 0.1) is 13.1 Å². The predicted molar refractivity (Wildman–Crippen MR) is 95.6 cm³/mol. The van der Waals surface area contributed by atoms with Gasteiger partial charge in [0.2, 0.25) is 5.91 Å². The fourth-order valence-corrected chi connectivity index (χ4v) is 3.42. The van der Waals surface area contributed by atoms with Gasteiger partial charge in [0.25, 0.3) is 0 Å². The van der Waals surface area contributed by atoms with E-state index in [2.05, 4.69) is 19.2 Å². The fourth-order valence-electron chi connectivity index (χ4n) is 3.21. The number of nitrogens with zero attached hydrogens (tertiary/aromatic N) is 1. The minimum absolute atomic E-state index is 0.137. The van der Waals surface area contributed by atoms with E-state index in [1.54, 1.807) is 12.2 Å². The fraction of sp³-hybridized carbons (Fsp3) is 0.421. The number of benzene rings is 1. The van der Waals surface area contributed by atoms with Crippen molar-refractivity contribution in [1.29, 1.82) is 0 Å². The predicted octanol–water partition coefficient (Wildman–Crippen LogP) is 2.34. The third-order valence-corrected chi connectivity index (χ3v) is 4.63. The molecule has 1 fully saturated rings. The molecule has 1 N–H and O–H groups in total. The highest BCUT2D eigenvalue weighted by molar-refractivity contribution is 6.30. The molecule has 23 heavy (non-hydrogen) atoms. The highest BCUT2D eigenvalue weighted by Gasteiger charge is 2.29. The molecule has 1 aromatic rings. The Bertz CT molecular complexity index is 540. The van der Waals surface area contributed by atoms with E-state index in [1.165, 1.54) is 10.5 Å². The van der Waals surface area contributed by atoms with Crippen LogP contribution in [0.5, 0.6) is 0 Å². The summed E-state index contributed by atoms with van der Waals surface area (Å²) in [5.74, 6) is 0.379. The van der Waals surface area contributed by atoms with Crippen LogP contribution in [0.4, 0.5) is 0 Å². The van der Waals surface area contributed by atoms with Crippen LogP contribution >= 0.6 is 11.6 Å². The lowest BCUT2D eigenvalue weighted by Gasteiger charge is -2.31. The number of likely N-dealkylation sites (tertiary alicyclic amines) is 1. The Balaban J connectivity index is 1.86. The summed E-state index contributed by atoms with van der Waals surface area (Å²) in [6.07, 6.45) is 5.45. The van der Waals surface area contributed by atoms with E-state index in [9.17, 15) is 4.79 Å². The Morgan fingerprint density at radius 3 is 2.48 bits per heavy atom. The van der Waals surface area contributed by atoms with Crippen LogP contribution in [0.1, 0.15) is 18.4 Å². The van der Waals surface area contributed by atoms with Gasteiger partial charge in [-0.2, -0.15) is 0 Å². The van der Waals surface area contributed by atoms with Crippen molar-refractivity contribution in [1.82, 2.24) is 4.90 Å². The average Bonchev–Trinajstić information content (AvgIpc) is 2.55. The van der Waals surface area contributed by atoms with E-state index in [1.807, 2.05) is 23.1 Å². The second-order valence-electron chi connectivity index (χ2n) is 6.15. The number of hydrogen-bond donors (Lipinski definition) is 1. The molecule has 0 radical (unpaired) electrons. The minimum atomic E-state index is 0.137. The Hall–Kier alpha value is -1.58.